The van der Waals surface area contributed by atoms with E-state index in [0.717, 1.165) is 13.1 Å². The molecule has 1 fully saturated rings. The van der Waals surface area contributed by atoms with E-state index < -0.39 is 0 Å². The summed E-state index contributed by atoms with van der Waals surface area (Å²) in [7, 11) is 1.77. The molecule has 0 saturated heterocycles. The number of nitrogens with one attached hydrogen (secondary N) is 1. The second-order valence-corrected chi connectivity index (χ2v) is 5.55. The summed E-state index contributed by atoms with van der Waals surface area (Å²) in [6.07, 6.45) is 8.14. The van der Waals surface area contributed by atoms with Crippen molar-refractivity contribution in [3.63, 3.8) is 0 Å². The van der Waals surface area contributed by atoms with Crippen molar-refractivity contribution >= 4 is 11.8 Å². The first-order valence-electron chi connectivity index (χ1n) is 5.51. The molecule has 2 nitrogen and oxygen atoms in total. The summed E-state index contributed by atoms with van der Waals surface area (Å²) in [6.45, 7) is 4.22. The Kier molecular flexibility index (Phi) is 5.28. The van der Waals surface area contributed by atoms with Crippen LogP contribution in [0.3, 0.4) is 0 Å². The van der Waals surface area contributed by atoms with Crippen LogP contribution in [-0.4, -0.2) is 37.3 Å². The topological polar surface area (TPSA) is 21.3 Å². The molecule has 0 aromatic heterocycles. The van der Waals surface area contributed by atoms with Gasteiger partial charge in [0.15, 0.2) is 0 Å². The number of rotatable bonds is 6. The van der Waals surface area contributed by atoms with Gasteiger partial charge in [-0.3, -0.25) is 0 Å². The van der Waals surface area contributed by atoms with Gasteiger partial charge in [0.1, 0.15) is 0 Å². The Hall–Kier alpha value is 0.270. The summed E-state index contributed by atoms with van der Waals surface area (Å²) in [5.41, 5.74) is 0. The molecule has 0 aromatic rings. The van der Waals surface area contributed by atoms with Crippen LogP contribution in [0.25, 0.3) is 0 Å². The Morgan fingerprint density at radius 2 is 2.07 bits per heavy atom. The smallest absolute Gasteiger partial charge is 0.0667 e. The van der Waals surface area contributed by atoms with Crippen LogP contribution >= 0.6 is 11.8 Å². The molecule has 0 aromatic carbocycles. The second-order valence-electron chi connectivity index (χ2n) is 4.27. The molecule has 0 heterocycles. The van der Waals surface area contributed by atoms with Crippen LogP contribution in [0.4, 0.5) is 0 Å². The molecule has 1 aliphatic rings. The lowest BCUT2D eigenvalue weighted by Crippen LogP contribution is -2.38. The first kappa shape index (κ1) is 12.3. The summed E-state index contributed by atoms with van der Waals surface area (Å²) < 4.78 is 5.73. The molecule has 84 valence electrons. The maximum absolute atomic E-state index is 5.21. The highest BCUT2D eigenvalue weighted by Crippen LogP contribution is 2.39. The normalized spacial score (nSPS) is 22.5. The zero-order chi connectivity index (χ0) is 10.4. The highest BCUT2D eigenvalue weighted by atomic mass is 32.2. The van der Waals surface area contributed by atoms with Crippen molar-refractivity contribution in [3.05, 3.63) is 0 Å². The van der Waals surface area contributed by atoms with Gasteiger partial charge in [-0.15, -0.1) is 0 Å². The van der Waals surface area contributed by atoms with Crippen LogP contribution in [0.2, 0.25) is 0 Å². The molecule has 0 radical (unpaired) electrons. The molecule has 1 rings (SSSR count). The van der Waals surface area contributed by atoms with Gasteiger partial charge in [-0.05, 0) is 26.0 Å². The minimum atomic E-state index is 0.329. The van der Waals surface area contributed by atoms with E-state index in [-0.39, 0.29) is 0 Å². The quantitative estimate of drug-likeness (QED) is 0.737. The zero-order valence-electron chi connectivity index (χ0n) is 9.64. The monoisotopic (exact) mass is 217 g/mol. The summed E-state index contributed by atoms with van der Waals surface area (Å²) in [6, 6.07) is 0. The van der Waals surface area contributed by atoms with Crippen molar-refractivity contribution < 1.29 is 4.74 Å². The van der Waals surface area contributed by atoms with E-state index in [1.54, 1.807) is 7.11 Å². The van der Waals surface area contributed by atoms with Crippen molar-refractivity contribution in [2.45, 2.75) is 43.5 Å². The van der Waals surface area contributed by atoms with Crippen LogP contribution in [0.1, 0.15) is 32.6 Å². The Bertz CT molecular complexity index is 157. The Labute approximate surface area is 92.2 Å². The van der Waals surface area contributed by atoms with E-state index in [2.05, 4.69) is 18.5 Å². The average molecular weight is 217 g/mol. The predicted octanol–water partition coefficient (Wildman–Crippen LogP) is 2.29. The summed E-state index contributed by atoms with van der Waals surface area (Å²) in [5.74, 6) is 0. The molecular weight excluding hydrogens is 194 g/mol. The standard InChI is InChI=1S/C11H23NOS/c1-10(13-2)8-12-9-11(14-3)6-4-5-7-11/h10,12H,4-9H2,1-3H3. The number of methoxy groups -OCH3 is 1. The maximum Gasteiger partial charge on any atom is 0.0667 e. The molecule has 0 aliphatic heterocycles. The molecule has 1 atom stereocenters. The lowest BCUT2D eigenvalue weighted by molar-refractivity contribution is 0.116. The summed E-state index contributed by atoms with van der Waals surface area (Å²) in [5, 5.41) is 3.52. The third-order valence-electron chi connectivity index (χ3n) is 3.23. The fourth-order valence-corrected chi connectivity index (χ4v) is 3.00. The minimum Gasteiger partial charge on any atom is -0.380 e. The SMILES string of the molecule is COC(C)CNCC1(SC)CCCC1. The van der Waals surface area contributed by atoms with E-state index in [0.29, 0.717) is 10.9 Å². The molecular formula is C11H23NOS. The van der Waals surface area contributed by atoms with E-state index >= 15 is 0 Å². The Morgan fingerprint density at radius 3 is 2.57 bits per heavy atom. The fourth-order valence-electron chi connectivity index (χ4n) is 2.06. The molecule has 1 unspecified atom stereocenters. The van der Waals surface area contributed by atoms with E-state index in [1.165, 1.54) is 25.7 Å². The Balaban J connectivity index is 2.21. The Morgan fingerprint density at radius 1 is 1.43 bits per heavy atom. The van der Waals surface area contributed by atoms with Gasteiger partial charge >= 0.3 is 0 Å². The number of ether oxygens (including phenoxy) is 1. The first-order chi connectivity index (χ1) is 6.72. The second kappa shape index (κ2) is 5.99. The van der Waals surface area contributed by atoms with Crippen molar-refractivity contribution in [1.82, 2.24) is 5.32 Å². The zero-order valence-corrected chi connectivity index (χ0v) is 10.5. The van der Waals surface area contributed by atoms with Crippen LogP contribution in [0.15, 0.2) is 0 Å². The predicted molar refractivity (Wildman–Crippen MR) is 64.1 cm³/mol. The van der Waals surface area contributed by atoms with E-state index in [4.69, 9.17) is 4.74 Å². The maximum atomic E-state index is 5.21. The lowest BCUT2D eigenvalue weighted by atomic mass is 10.1. The lowest BCUT2D eigenvalue weighted by Gasteiger charge is -2.27. The molecule has 3 heteroatoms. The van der Waals surface area contributed by atoms with Gasteiger partial charge < -0.3 is 10.1 Å². The molecule has 1 N–H and O–H groups in total. The summed E-state index contributed by atoms with van der Waals surface area (Å²) in [4.78, 5) is 0. The fraction of sp³-hybridized carbons (Fsp3) is 1.00. The third kappa shape index (κ3) is 3.44. The van der Waals surface area contributed by atoms with Crippen molar-refractivity contribution in [2.75, 3.05) is 26.5 Å². The van der Waals surface area contributed by atoms with Crippen LogP contribution in [0.5, 0.6) is 0 Å². The summed E-state index contributed by atoms with van der Waals surface area (Å²) >= 11 is 2.04. The molecule has 1 saturated carbocycles. The van der Waals surface area contributed by atoms with Gasteiger partial charge in [0.05, 0.1) is 6.10 Å². The van der Waals surface area contributed by atoms with Gasteiger partial charge in [0.2, 0.25) is 0 Å². The molecule has 14 heavy (non-hydrogen) atoms. The molecule has 0 bridgehead atoms. The van der Waals surface area contributed by atoms with Gasteiger partial charge in [0.25, 0.3) is 0 Å². The van der Waals surface area contributed by atoms with Crippen molar-refractivity contribution in [2.24, 2.45) is 0 Å². The minimum absolute atomic E-state index is 0.329. The van der Waals surface area contributed by atoms with Crippen molar-refractivity contribution in [1.29, 1.82) is 0 Å². The van der Waals surface area contributed by atoms with Crippen LogP contribution in [-0.2, 0) is 4.74 Å². The average Bonchev–Trinajstić information content (AvgIpc) is 2.67. The number of thioether (sulfide) groups is 1. The van der Waals surface area contributed by atoms with Crippen LogP contribution in [0, 0.1) is 0 Å². The highest BCUT2D eigenvalue weighted by molar-refractivity contribution is 8.00. The highest BCUT2D eigenvalue weighted by Gasteiger charge is 2.32. The van der Waals surface area contributed by atoms with E-state index in [9.17, 15) is 0 Å². The van der Waals surface area contributed by atoms with Crippen molar-refractivity contribution in [3.8, 4) is 0 Å². The van der Waals surface area contributed by atoms with E-state index in [1.807, 2.05) is 11.8 Å². The van der Waals surface area contributed by atoms with Gasteiger partial charge in [-0.2, -0.15) is 11.8 Å². The largest absolute Gasteiger partial charge is 0.380 e. The number of hydrogen-bond acceptors (Lipinski definition) is 3. The van der Waals surface area contributed by atoms with Gasteiger partial charge in [-0.1, -0.05) is 12.8 Å². The first-order valence-corrected chi connectivity index (χ1v) is 6.73. The van der Waals surface area contributed by atoms with Crippen LogP contribution < -0.4 is 5.32 Å². The third-order valence-corrected chi connectivity index (χ3v) is 4.65. The van der Waals surface area contributed by atoms with Gasteiger partial charge in [0, 0.05) is 24.9 Å². The number of hydrogen-bond donors (Lipinski definition) is 1. The molecule has 0 spiro atoms. The molecule has 1 aliphatic carbocycles. The molecule has 0 amide bonds. The van der Waals surface area contributed by atoms with Gasteiger partial charge in [-0.25, -0.2) is 0 Å².